The summed E-state index contributed by atoms with van der Waals surface area (Å²) in [5.41, 5.74) is 2.86. The summed E-state index contributed by atoms with van der Waals surface area (Å²) in [5, 5.41) is 0. The molecule has 4 heteroatoms. The average molecular weight is 326 g/mol. The molecular formula is C20H26N2O2. The molecule has 24 heavy (non-hydrogen) atoms. The summed E-state index contributed by atoms with van der Waals surface area (Å²) in [4.78, 5) is 17.9. The van der Waals surface area contributed by atoms with E-state index in [1.165, 1.54) is 0 Å². The molecule has 3 rings (SSSR count). The molecule has 1 saturated heterocycles. The van der Waals surface area contributed by atoms with Crippen molar-refractivity contribution in [2.24, 2.45) is 5.92 Å². The van der Waals surface area contributed by atoms with Crippen molar-refractivity contribution in [2.45, 2.75) is 26.7 Å². The van der Waals surface area contributed by atoms with Gasteiger partial charge in [-0.2, -0.15) is 0 Å². The molecule has 1 aliphatic heterocycles. The molecule has 0 bridgehead atoms. The minimum atomic E-state index is 0.218. The zero-order valence-corrected chi connectivity index (χ0v) is 14.5. The number of H-pyrrole nitrogens is 1. The molecular weight excluding hydrogens is 300 g/mol. The maximum absolute atomic E-state index is 12.5. The summed E-state index contributed by atoms with van der Waals surface area (Å²) in [5.74, 6) is 1.73. The van der Waals surface area contributed by atoms with Crippen LogP contribution in [-0.2, 0) is 0 Å². The van der Waals surface area contributed by atoms with Crippen molar-refractivity contribution < 1.29 is 9.53 Å². The van der Waals surface area contributed by atoms with Gasteiger partial charge >= 0.3 is 0 Å². The molecule has 0 atom stereocenters. The molecule has 0 radical (unpaired) electrons. The van der Waals surface area contributed by atoms with Gasteiger partial charge in [-0.05, 0) is 63.9 Å². The number of nitrogens with one attached hydrogen (secondary N) is 1. The van der Waals surface area contributed by atoms with Crippen LogP contribution in [0.5, 0.6) is 5.75 Å². The van der Waals surface area contributed by atoms with Crippen molar-refractivity contribution in [1.82, 2.24) is 9.88 Å². The van der Waals surface area contributed by atoms with Crippen molar-refractivity contribution in [3.63, 3.8) is 0 Å². The molecule has 0 spiro atoms. The summed E-state index contributed by atoms with van der Waals surface area (Å²) in [6.07, 6.45) is 2.18. The third kappa shape index (κ3) is 4.26. The van der Waals surface area contributed by atoms with Crippen LogP contribution in [0.3, 0.4) is 0 Å². The van der Waals surface area contributed by atoms with E-state index in [1.807, 2.05) is 50.2 Å². The Labute approximate surface area is 143 Å². The van der Waals surface area contributed by atoms with Gasteiger partial charge in [0.1, 0.15) is 5.75 Å². The Morgan fingerprint density at radius 3 is 2.54 bits per heavy atom. The van der Waals surface area contributed by atoms with Crippen LogP contribution >= 0.6 is 0 Å². The summed E-state index contributed by atoms with van der Waals surface area (Å²) in [7, 11) is 0. The molecule has 128 valence electrons. The Hall–Kier alpha value is -2.07. The molecule has 2 heterocycles. The largest absolute Gasteiger partial charge is 0.493 e. The molecule has 1 N–H and O–H groups in total. The number of piperidine rings is 1. The van der Waals surface area contributed by atoms with E-state index in [9.17, 15) is 4.79 Å². The van der Waals surface area contributed by atoms with Crippen molar-refractivity contribution in [1.29, 1.82) is 0 Å². The maximum atomic E-state index is 12.5. The first-order valence-corrected chi connectivity index (χ1v) is 8.71. The first-order valence-electron chi connectivity index (χ1n) is 8.71. The molecule has 0 aliphatic carbocycles. The fraction of sp³-hybridized carbons (Fsp3) is 0.450. The highest BCUT2D eigenvalue weighted by molar-refractivity contribution is 5.98. The van der Waals surface area contributed by atoms with Gasteiger partial charge in [0.05, 0.1) is 13.2 Å². The first-order chi connectivity index (χ1) is 11.6. The summed E-state index contributed by atoms with van der Waals surface area (Å²) < 4.78 is 5.86. The van der Waals surface area contributed by atoms with Gasteiger partial charge in [-0.3, -0.25) is 9.69 Å². The van der Waals surface area contributed by atoms with Crippen LogP contribution < -0.4 is 4.74 Å². The van der Waals surface area contributed by atoms with E-state index in [2.05, 4.69) is 9.88 Å². The van der Waals surface area contributed by atoms with Crippen LogP contribution in [0, 0.1) is 19.8 Å². The lowest BCUT2D eigenvalue weighted by Gasteiger charge is -2.31. The number of likely N-dealkylation sites (tertiary alicyclic amines) is 1. The molecule has 1 aromatic carbocycles. The van der Waals surface area contributed by atoms with Crippen molar-refractivity contribution in [3.05, 3.63) is 53.3 Å². The fourth-order valence-electron chi connectivity index (χ4n) is 3.34. The number of carbonyl (C=O) groups excluding carboxylic acids is 1. The molecule has 1 aromatic heterocycles. The topological polar surface area (TPSA) is 45.3 Å². The number of ketones is 1. The van der Waals surface area contributed by atoms with Gasteiger partial charge in [0.2, 0.25) is 0 Å². The van der Waals surface area contributed by atoms with Crippen LogP contribution in [0.4, 0.5) is 0 Å². The number of nitrogens with zero attached hydrogens (tertiary/aromatic N) is 1. The Morgan fingerprint density at radius 1 is 1.21 bits per heavy atom. The van der Waals surface area contributed by atoms with Crippen LogP contribution in [0.1, 0.15) is 34.6 Å². The number of aromatic amines is 1. The van der Waals surface area contributed by atoms with Crippen molar-refractivity contribution >= 4 is 5.78 Å². The van der Waals surface area contributed by atoms with Gasteiger partial charge in [-0.15, -0.1) is 0 Å². The Kier molecular flexibility index (Phi) is 5.36. The number of aromatic nitrogens is 1. The predicted octanol–water partition coefficient (Wildman–Crippen LogP) is 3.61. The number of hydrogen-bond donors (Lipinski definition) is 1. The zero-order chi connectivity index (χ0) is 16.9. The fourth-order valence-corrected chi connectivity index (χ4v) is 3.34. The van der Waals surface area contributed by atoms with E-state index in [0.29, 0.717) is 12.5 Å². The monoisotopic (exact) mass is 326 g/mol. The smallest absolute Gasteiger partial charge is 0.178 e. The van der Waals surface area contributed by atoms with E-state index in [0.717, 1.165) is 55.2 Å². The Bertz CT molecular complexity index is 670. The molecule has 1 aliphatic rings. The molecule has 0 amide bonds. The third-order valence-corrected chi connectivity index (χ3v) is 4.75. The number of para-hydroxylation sites is 1. The Balaban J connectivity index is 1.43. The lowest BCUT2D eigenvalue weighted by molar-refractivity contribution is 0.0872. The van der Waals surface area contributed by atoms with E-state index >= 15 is 0 Å². The molecule has 0 unspecified atom stereocenters. The van der Waals surface area contributed by atoms with Gasteiger partial charge in [0.15, 0.2) is 5.78 Å². The summed E-state index contributed by atoms with van der Waals surface area (Å²) in [6.45, 7) is 7.18. The number of aryl methyl sites for hydroxylation is 2. The van der Waals surface area contributed by atoms with E-state index in [1.54, 1.807) is 0 Å². The summed E-state index contributed by atoms with van der Waals surface area (Å²) >= 11 is 0. The van der Waals surface area contributed by atoms with Crippen molar-refractivity contribution in [2.75, 3.05) is 26.2 Å². The van der Waals surface area contributed by atoms with Gasteiger partial charge in [0.25, 0.3) is 0 Å². The average Bonchev–Trinajstić information content (AvgIpc) is 2.94. The number of Topliss-reactive ketones (excluding diaryl/α,β-unsaturated/α-hetero) is 1. The molecule has 4 nitrogen and oxygen atoms in total. The second-order valence-electron chi connectivity index (χ2n) is 6.76. The second kappa shape index (κ2) is 7.67. The molecule has 2 aromatic rings. The number of carbonyl (C=O) groups is 1. The van der Waals surface area contributed by atoms with E-state index in [-0.39, 0.29) is 5.78 Å². The van der Waals surface area contributed by atoms with Crippen LogP contribution in [0.15, 0.2) is 36.4 Å². The quantitative estimate of drug-likeness (QED) is 0.825. The highest BCUT2D eigenvalue weighted by atomic mass is 16.5. The minimum absolute atomic E-state index is 0.218. The lowest BCUT2D eigenvalue weighted by atomic mass is 9.97. The molecule has 1 fully saturated rings. The van der Waals surface area contributed by atoms with Gasteiger partial charge in [0, 0.05) is 17.0 Å². The highest BCUT2D eigenvalue weighted by Gasteiger charge is 2.22. The number of rotatable bonds is 6. The zero-order valence-electron chi connectivity index (χ0n) is 14.5. The van der Waals surface area contributed by atoms with Crippen molar-refractivity contribution in [3.8, 4) is 5.75 Å². The maximum Gasteiger partial charge on any atom is 0.178 e. The van der Waals surface area contributed by atoms with Crippen LogP contribution in [-0.4, -0.2) is 41.9 Å². The van der Waals surface area contributed by atoms with Gasteiger partial charge in [-0.1, -0.05) is 18.2 Å². The standard InChI is InChI=1S/C20H26N2O2/c1-15-12-19(16(2)21-15)20(23)13-22-10-8-17(9-11-22)14-24-18-6-4-3-5-7-18/h3-7,12,17,21H,8-11,13-14H2,1-2H3. The normalized spacial score (nSPS) is 16.2. The lowest BCUT2D eigenvalue weighted by Crippen LogP contribution is -2.38. The number of hydrogen-bond acceptors (Lipinski definition) is 3. The van der Waals surface area contributed by atoms with Gasteiger partial charge < -0.3 is 9.72 Å². The van der Waals surface area contributed by atoms with E-state index in [4.69, 9.17) is 4.74 Å². The second-order valence-corrected chi connectivity index (χ2v) is 6.76. The van der Waals surface area contributed by atoms with Crippen LogP contribution in [0.25, 0.3) is 0 Å². The minimum Gasteiger partial charge on any atom is -0.493 e. The predicted molar refractivity (Wildman–Crippen MR) is 95.7 cm³/mol. The van der Waals surface area contributed by atoms with E-state index < -0.39 is 0 Å². The SMILES string of the molecule is Cc1cc(C(=O)CN2CCC(COc3ccccc3)CC2)c(C)[nH]1. The third-order valence-electron chi connectivity index (χ3n) is 4.75. The van der Waals surface area contributed by atoms with Crippen LogP contribution in [0.2, 0.25) is 0 Å². The Morgan fingerprint density at radius 2 is 1.92 bits per heavy atom. The molecule has 0 saturated carbocycles. The van der Waals surface area contributed by atoms with Gasteiger partial charge in [-0.25, -0.2) is 0 Å². The summed E-state index contributed by atoms with van der Waals surface area (Å²) in [6, 6.07) is 11.9. The number of ether oxygens (including phenoxy) is 1. The first kappa shape index (κ1) is 16.8. The number of benzene rings is 1. The highest BCUT2D eigenvalue weighted by Crippen LogP contribution is 2.20.